The molecule has 0 aromatic heterocycles. The number of rotatable bonds is 26. The Balaban J connectivity index is 0.949. The zero-order chi connectivity index (χ0) is 52.0. The summed E-state index contributed by atoms with van der Waals surface area (Å²) in [5.41, 5.74) is 5.10. The first kappa shape index (κ1) is 57.0. The normalized spacial score (nSPS) is 18.4. The van der Waals surface area contributed by atoms with Gasteiger partial charge in [0.15, 0.2) is 0 Å². The molecule has 6 N–H and O–H groups in total. The zero-order valence-electron chi connectivity index (χ0n) is 42.4. The Morgan fingerprint density at radius 2 is 1.21 bits per heavy atom. The smallest absolute Gasteiger partial charge is 0.407 e. The number of ether oxygens (including phenoxy) is 6. The summed E-state index contributed by atoms with van der Waals surface area (Å²) < 4.78 is 34.6. The Labute approximate surface area is 439 Å². The maximum atomic E-state index is 13.6. The molecule has 2 unspecified atom stereocenters. The first-order valence-electron chi connectivity index (χ1n) is 25.2. The van der Waals surface area contributed by atoms with Crippen LogP contribution in [-0.2, 0) is 28.4 Å². The van der Waals surface area contributed by atoms with Gasteiger partial charge in [-0.05, 0) is 141 Å². The van der Waals surface area contributed by atoms with Crippen LogP contribution in [-0.4, -0.2) is 130 Å². The molecule has 16 nitrogen and oxygen atoms in total. The van der Waals surface area contributed by atoms with E-state index < -0.39 is 24.4 Å². The van der Waals surface area contributed by atoms with Crippen molar-refractivity contribution in [2.75, 3.05) is 93.6 Å². The SMILES string of the molecule is CNC(CNC(=O)c1cccc([C@@H](OCCNC(=O)OCC2COC[C@@H](C[C@@H](CNC(=O)c3ccc(C)c([C@@H](OCCNC(=O)OC)c4cccc(Cl)c4)c3)NC)C2)c2cccc(Cl)c2)c1)C[C@H]1CCCOC1. The summed E-state index contributed by atoms with van der Waals surface area (Å²) in [5, 5.41) is 19.4. The molecule has 0 spiro atoms. The lowest BCUT2D eigenvalue weighted by atomic mass is 9.88. The number of methoxy groups -OCH3 is 1. The van der Waals surface area contributed by atoms with E-state index in [9.17, 15) is 19.2 Å². The molecule has 0 bridgehead atoms. The molecule has 0 saturated carbocycles. The van der Waals surface area contributed by atoms with Gasteiger partial charge in [-0.1, -0.05) is 65.7 Å². The van der Waals surface area contributed by atoms with Gasteiger partial charge in [-0.25, -0.2) is 9.59 Å². The van der Waals surface area contributed by atoms with E-state index in [-0.39, 0.29) is 68.6 Å². The minimum absolute atomic E-state index is 0.00275. The number of likely N-dealkylation sites (N-methyl/N-ethyl adjacent to an activating group) is 2. The van der Waals surface area contributed by atoms with E-state index in [4.69, 9.17) is 46.9 Å². The fraction of sp³-hybridized carbons (Fsp3) is 0.491. The molecule has 2 saturated heterocycles. The van der Waals surface area contributed by atoms with Gasteiger partial charge in [0.2, 0.25) is 0 Å². The molecule has 2 fully saturated rings. The maximum Gasteiger partial charge on any atom is 0.407 e. The molecule has 73 heavy (non-hydrogen) atoms. The molecule has 396 valence electrons. The lowest BCUT2D eigenvalue weighted by Crippen LogP contribution is -2.42. The predicted octanol–water partition coefficient (Wildman–Crippen LogP) is 7.79. The third-order valence-corrected chi connectivity index (χ3v) is 13.7. The van der Waals surface area contributed by atoms with Crippen LogP contribution in [0.15, 0.2) is 91.0 Å². The van der Waals surface area contributed by atoms with E-state index in [2.05, 4.69) is 36.6 Å². The van der Waals surface area contributed by atoms with E-state index in [1.54, 1.807) is 24.3 Å². The number of halogens is 2. The highest BCUT2D eigenvalue weighted by Gasteiger charge is 2.28. The predicted molar refractivity (Wildman–Crippen MR) is 281 cm³/mol. The van der Waals surface area contributed by atoms with E-state index in [1.165, 1.54) is 7.11 Å². The number of hydrogen-bond acceptors (Lipinski definition) is 12. The minimum Gasteiger partial charge on any atom is -0.453 e. The van der Waals surface area contributed by atoms with E-state index in [0.717, 1.165) is 73.1 Å². The van der Waals surface area contributed by atoms with Crippen molar-refractivity contribution in [3.8, 4) is 0 Å². The Kier molecular flexibility index (Phi) is 23.5. The molecule has 4 aromatic carbocycles. The Morgan fingerprint density at radius 1 is 0.644 bits per heavy atom. The molecular weight excluding hydrogens is 976 g/mol. The maximum absolute atomic E-state index is 13.6. The van der Waals surface area contributed by atoms with Crippen LogP contribution in [0.25, 0.3) is 0 Å². The van der Waals surface area contributed by atoms with Crippen molar-refractivity contribution in [1.82, 2.24) is 31.9 Å². The van der Waals surface area contributed by atoms with Crippen LogP contribution in [0.3, 0.4) is 0 Å². The molecule has 18 heteroatoms. The van der Waals surface area contributed by atoms with Crippen molar-refractivity contribution in [2.24, 2.45) is 17.8 Å². The Bertz CT molecular complexity index is 2390. The average molecular weight is 1050 g/mol. The number of benzene rings is 4. The van der Waals surface area contributed by atoms with Crippen LogP contribution < -0.4 is 31.9 Å². The molecular formula is C55H72Cl2N6O10. The standard InChI is InChI=1S/C55H72Cl2N6O10/c1-36-16-17-44(29-49(36)51(42-12-7-15-46(57)28-42)72-22-18-60-54(66)68-4)53(65)63-31-48(59-3)25-38-23-39(34-70-33-38)35-73-55(67)61-19-21-71-50(41-11-6-14-45(56)27-41)40-10-5-13-43(26-40)52(64)62-30-47(58-2)24-37-9-8-20-69-32-37/h5-7,10-17,26-29,37-39,47-48,50-51,58-59H,8-9,18-25,30-35H2,1-4H3,(H,60,66)(H,61,67)(H,62,64)(H,63,65)/t37-,38-,39?,47?,48+,50-,51+/m1/s1. The first-order valence-corrected chi connectivity index (χ1v) is 25.9. The van der Waals surface area contributed by atoms with E-state index in [0.29, 0.717) is 53.4 Å². The highest BCUT2D eigenvalue weighted by Crippen LogP contribution is 2.32. The lowest BCUT2D eigenvalue weighted by Gasteiger charge is -2.31. The zero-order valence-corrected chi connectivity index (χ0v) is 43.9. The van der Waals surface area contributed by atoms with Gasteiger partial charge in [0, 0.05) is 85.2 Å². The van der Waals surface area contributed by atoms with Crippen molar-refractivity contribution < 1.29 is 47.6 Å². The second-order valence-electron chi connectivity index (χ2n) is 18.7. The highest BCUT2D eigenvalue weighted by atomic mass is 35.5. The quantitative estimate of drug-likeness (QED) is 0.0335. The topological polar surface area (TPSA) is 196 Å². The minimum atomic E-state index is -0.560. The van der Waals surface area contributed by atoms with Crippen LogP contribution in [0, 0.1) is 24.7 Å². The average Bonchev–Trinajstić information content (AvgIpc) is 3.40. The summed E-state index contributed by atoms with van der Waals surface area (Å²) >= 11 is 12.8. The van der Waals surface area contributed by atoms with Gasteiger partial charge in [-0.15, -0.1) is 0 Å². The van der Waals surface area contributed by atoms with Crippen molar-refractivity contribution >= 4 is 47.2 Å². The van der Waals surface area contributed by atoms with Gasteiger partial charge in [0.05, 0.1) is 33.5 Å². The molecule has 0 radical (unpaired) electrons. The summed E-state index contributed by atoms with van der Waals surface area (Å²) in [6.45, 7) is 6.37. The van der Waals surface area contributed by atoms with Gasteiger partial charge >= 0.3 is 12.2 Å². The third-order valence-electron chi connectivity index (χ3n) is 13.2. The summed E-state index contributed by atoms with van der Waals surface area (Å²) in [7, 11) is 5.08. The van der Waals surface area contributed by atoms with E-state index >= 15 is 0 Å². The Hall–Kier alpha value is -5.30. The summed E-state index contributed by atoms with van der Waals surface area (Å²) in [5.74, 6) is 0.231. The lowest BCUT2D eigenvalue weighted by molar-refractivity contribution is -0.0129. The largest absolute Gasteiger partial charge is 0.453 e. The number of amides is 4. The number of carbonyl (C=O) groups is 4. The van der Waals surface area contributed by atoms with Gasteiger partial charge < -0.3 is 60.3 Å². The molecule has 2 aliphatic heterocycles. The molecule has 4 aromatic rings. The van der Waals surface area contributed by atoms with Crippen LogP contribution in [0.5, 0.6) is 0 Å². The number of hydrogen-bond donors (Lipinski definition) is 6. The molecule has 2 aliphatic rings. The van der Waals surface area contributed by atoms with Gasteiger partial charge in [0.1, 0.15) is 12.2 Å². The van der Waals surface area contributed by atoms with Crippen molar-refractivity contribution in [3.05, 3.63) is 140 Å². The second kappa shape index (κ2) is 30.2. The molecule has 2 heterocycles. The number of carbonyl (C=O) groups excluding carboxylic acids is 4. The number of nitrogens with one attached hydrogen (secondary N) is 6. The highest BCUT2D eigenvalue weighted by molar-refractivity contribution is 6.30. The van der Waals surface area contributed by atoms with Crippen molar-refractivity contribution in [1.29, 1.82) is 0 Å². The van der Waals surface area contributed by atoms with Crippen LogP contribution in [0.4, 0.5) is 9.59 Å². The molecule has 6 rings (SSSR count). The second-order valence-corrected chi connectivity index (χ2v) is 19.6. The summed E-state index contributed by atoms with van der Waals surface area (Å²) in [6, 6.07) is 27.7. The monoisotopic (exact) mass is 1050 g/mol. The number of alkyl carbamates (subject to hydrolysis) is 2. The third kappa shape index (κ3) is 18.5. The number of aryl methyl sites for hydroxylation is 1. The molecule has 0 aliphatic carbocycles. The molecule has 4 amide bonds. The van der Waals surface area contributed by atoms with Crippen LogP contribution in [0.2, 0.25) is 10.0 Å². The summed E-state index contributed by atoms with van der Waals surface area (Å²) in [4.78, 5) is 51.6. The van der Waals surface area contributed by atoms with Gasteiger partial charge in [-0.3, -0.25) is 9.59 Å². The van der Waals surface area contributed by atoms with Crippen molar-refractivity contribution in [3.63, 3.8) is 0 Å². The first-order chi connectivity index (χ1) is 35.4. The fourth-order valence-electron chi connectivity index (χ4n) is 9.30. The van der Waals surface area contributed by atoms with Crippen molar-refractivity contribution in [2.45, 2.75) is 63.3 Å². The van der Waals surface area contributed by atoms with Gasteiger partial charge in [0.25, 0.3) is 11.8 Å². The van der Waals surface area contributed by atoms with Crippen LogP contribution >= 0.6 is 23.2 Å². The van der Waals surface area contributed by atoms with Gasteiger partial charge in [-0.2, -0.15) is 0 Å². The Morgan fingerprint density at radius 3 is 1.82 bits per heavy atom. The van der Waals surface area contributed by atoms with Crippen LogP contribution in [0.1, 0.15) is 92.8 Å². The van der Waals surface area contributed by atoms with E-state index in [1.807, 2.05) is 87.7 Å². The fourth-order valence-corrected chi connectivity index (χ4v) is 9.70. The molecule has 7 atom stereocenters. The summed E-state index contributed by atoms with van der Waals surface area (Å²) in [6.07, 6.45) is 2.41.